The minimum Gasteiger partial charge on any atom is -0.381 e. The van der Waals surface area contributed by atoms with Crippen LogP contribution in [-0.2, 0) is 22.5 Å². The van der Waals surface area contributed by atoms with Crippen LogP contribution in [0.5, 0.6) is 0 Å². The van der Waals surface area contributed by atoms with Crippen molar-refractivity contribution >= 4 is 5.91 Å². The van der Waals surface area contributed by atoms with Crippen molar-refractivity contribution in [2.75, 3.05) is 13.2 Å². The number of ether oxygens (including phenoxy) is 1. The first kappa shape index (κ1) is 14.0. The third kappa shape index (κ3) is 3.30. The number of amides is 1. The molecule has 0 saturated carbocycles. The number of nitrogens with two attached hydrogens (primary N) is 1. The monoisotopic (exact) mass is 263 g/mol. The van der Waals surface area contributed by atoms with Gasteiger partial charge in [0.2, 0.25) is 5.91 Å². The van der Waals surface area contributed by atoms with Gasteiger partial charge in [-0.15, -0.1) is 0 Å². The fourth-order valence-corrected chi connectivity index (χ4v) is 2.26. The molecule has 5 heteroatoms. The molecule has 2 rings (SSSR count). The lowest BCUT2D eigenvalue weighted by atomic mass is 9.90. The summed E-state index contributed by atoms with van der Waals surface area (Å²) in [7, 11) is 0. The van der Waals surface area contributed by atoms with Crippen molar-refractivity contribution in [3.8, 4) is 0 Å². The second-order valence-corrected chi connectivity index (χ2v) is 4.91. The van der Waals surface area contributed by atoms with E-state index in [4.69, 9.17) is 10.5 Å². The molecule has 0 unspecified atom stereocenters. The van der Waals surface area contributed by atoms with Gasteiger partial charge in [0.1, 0.15) is 0 Å². The number of carbonyl (C=O) groups is 1. The number of carbonyl (C=O) groups excluding carboxylic acids is 1. The van der Waals surface area contributed by atoms with E-state index in [0.717, 1.165) is 17.7 Å². The maximum Gasteiger partial charge on any atom is 0.240 e. The van der Waals surface area contributed by atoms with E-state index < -0.39 is 5.54 Å². The molecule has 19 heavy (non-hydrogen) atoms. The topological polar surface area (TPSA) is 77.2 Å². The summed E-state index contributed by atoms with van der Waals surface area (Å²) in [5.74, 6) is -0.108. The first-order valence-corrected chi connectivity index (χ1v) is 6.73. The molecular weight excluding hydrogens is 242 g/mol. The molecule has 1 aliphatic heterocycles. The van der Waals surface area contributed by atoms with E-state index in [-0.39, 0.29) is 5.91 Å². The summed E-state index contributed by atoms with van der Waals surface area (Å²) >= 11 is 0. The number of hydrogen-bond acceptors (Lipinski definition) is 4. The highest BCUT2D eigenvalue weighted by molar-refractivity contribution is 5.86. The van der Waals surface area contributed by atoms with Crippen LogP contribution >= 0.6 is 0 Å². The van der Waals surface area contributed by atoms with E-state index in [1.807, 2.05) is 12.1 Å². The van der Waals surface area contributed by atoms with Crippen LogP contribution in [0, 0.1) is 0 Å². The number of aryl methyl sites for hydroxylation is 1. The Morgan fingerprint density at radius 3 is 2.95 bits per heavy atom. The first-order valence-electron chi connectivity index (χ1n) is 6.73. The van der Waals surface area contributed by atoms with Gasteiger partial charge < -0.3 is 15.8 Å². The molecule has 1 amide bonds. The minimum atomic E-state index is -0.792. The van der Waals surface area contributed by atoms with Gasteiger partial charge in [-0.25, -0.2) is 0 Å². The van der Waals surface area contributed by atoms with Crippen molar-refractivity contribution < 1.29 is 9.53 Å². The van der Waals surface area contributed by atoms with Gasteiger partial charge in [0.25, 0.3) is 0 Å². The molecule has 0 aromatic carbocycles. The molecule has 0 atom stereocenters. The van der Waals surface area contributed by atoms with Gasteiger partial charge in [-0.1, -0.05) is 13.0 Å². The van der Waals surface area contributed by atoms with E-state index in [9.17, 15) is 4.79 Å². The van der Waals surface area contributed by atoms with Crippen LogP contribution in [0.1, 0.15) is 31.0 Å². The van der Waals surface area contributed by atoms with Crippen molar-refractivity contribution in [1.29, 1.82) is 0 Å². The normalized spacial score (nSPS) is 18.0. The Hall–Kier alpha value is -1.46. The van der Waals surface area contributed by atoms with E-state index in [1.165, 1.54) is 0 Å². The van der Waals surface area contributed by atoms with E-state index in [0.29, 0.717) is 32.6 Å². The zero-order valence-corrected chi connectivity index (χ0v) is 11.3. The maximum absolute atomic E-state index is 12.2. The predicted molar refractivity (Wildman–Crippen MR) is 72.4 cm³/mol. The lowest BCUT2D eigenvalue weighted by molar-refractivity contribution is -0.129. The van der Waals surface area contributed by atoms with Crippen LogP contribution in [0.25, 0.3) is 0 Å². The Morgan fingerprint density at radius 2 is 2.26 bits per heavy atom. The highest BCUT2D eigenvalue weighted by atomic mass is 16.5. The number of aromatic nitrogens is 1. The largest absolute Gasteiger partial charge is 0.381 e. The standard InChI is InChI=1S/C14H21N3O2/c1-2-11-4-3-7-16-12(11)10-17-13(18)14(15)5-8-19-9-6-14/h3-4,7H,2,5-6,8-10,15H2,1H3,(H,17,18). The van der Waals surface area contributed by atoms with Crippen LogP contribution < -0.4 is 11.1 Å². The molecule has 0 spiro atoms. The number of nitrogens with zero attached hydrogens (tertiary/aromatic N) is 1. The van der Waals surface area contributed by atoms with Gasteiger partial charge in [0.15, 0.2) is 0 Å². The van der Waals surface area contributed by atoms with E-state index >= 15 is 0 Å². The Balaban J connectivity index is 1.96. The molecule has 1 aromatic heterocycles. The summed E-state index contributed by atoms with van der Waals surface area (Å²) in [6, 6.07) is 3.94. The van der Waals surface area contributed by atoms with Crippen molar-refractivity contribution in [2.45, 2.75) is 38.3 Å². The second kappa shape index (κ2) is 6.12. The quantitative estimate of drug-likeness (QED) is 0.841. The fraction of sp³-hybridized carbons (Fsp3) is 0.571. The first-order chi connectivity index (χ1) is 9.15. The van der Waals surface area contributed by atoms with Gasteiger partial charge in [0, 0.05) is 19.4 Å². The van der Waals surface area contributed by atoms with Crippen LogP contribution in [0.3, 0.4) is 0 Å². The Kier molecular flexibility index (Phi) is 4.50. The molecule has 2 heterocycles. The predicted octanol–water partition coefficient (Wildman–Crippen LogP) is 0.768. The molecule has 3 N–H and O–H groups in total. The van der Waals surface area contributed by atoms with E-state index in [2.05, 4.69) is 17.2 Å². The SMILES string of the molecule is CCc1cccnc1CNC(=O)C1(N)CCOCC1. The van der Waals surface area contributed by atoms with Crippen molar-refractivity contribution in [3.63, 3.8) is 0 Å². The minimum absolute atomic E-state index is 0.108. The smallest absolute Gasteiger partial charge is 0.240 e. The maximum atomic E-state index is 12.2. The molecule has 1 fully saturated rings. The molecule has 1 saturated heterocycles. The van der Waals surface area contributed by atoms with Crippen molar-refractivity contribution in [2.24, 2.45) is 5.73 Å². The molecule has 0 bridgehead atoms. The van der Waals surface area contributed by atoms with Gasteiger partial charge in [-0.3, -0.25) is 9.78 Å². The summed E-state index contributed by atoms with van der Waals surface area (Å²) in [6.07, 6.45) is 3.79. The zero-order chi connectivity index (χ0) is 13.7. The Morgan fingerprint density at radius 1 is 1.53 bits per heavy atom. The van der Waals surface area contributed by atoms with Crippen molar-refractivity contribution in [1.82, 2.24) is 10.3 Å². The lowest BCUT2D eigenvalue weighted by Crippen LogP contribution is -2.56. The molecule has 1 aromatic rings. The fourth-order valence-electron chi connectivity index (χ4n) is 2.26. The van der Waals surface area contributed by atoms with Crippen molar-refractivity contribution in [3.05, 3.63) is 29.6 Å². The molecule has 1 aliphatic rings. The van der Waals surface area contributed by atoms with Gasteiger partial charge >= 0.3 is 0 Å². The Labute approximate surface area is 113 Å². The van der Waals surface area contributed by atoms with Crippen LogP contribution in [0.4, 0.5) is 0 Å². The average Bonchev–Trinajstić information content (AvgIpc) is 2.45. The Bertz CT molecular complexity index is 442. The molecule has 104 valence electrons. The van der Waals surface area contributed by atoms with Crippen LogP contribution in [0.15, 0.2) is 18.3 Å². The molecule has 0 radical (unpaired) electrons. The number of hydrogen-bond donors (Lipinski definition) is 2. The zero-order valence-electron chi connectivity index (χ0n) is 11.3. The summed E-state index contributed by atoms with van der Waals surface area (Å²) in [4.78, 5) is 16.5. The summed E-state index contributed by atoms with van der Waals surface area (Å²) in [6.45, 7) is 3.61. The molecule has 0 aliphatic carbocycles. The highest BCUT2D eigenvalue weighted by Crippen LogP contribution is 2.18. The number of rotatable bonds is 4. The van der Waals surface area contributed by atoms with Crippen LogP contribution in [-0.4, -0.2) is 29.6 Å². The third-order valence-corrected chi connectivity index (χ3v) is 3.62. The number of pyridine rings is 1. The average molecular weight is 263 g/mol. The highest BCUT2D eigenvalue weighted by Gasteiger charge is 2.35. The van der Waals surface area contributed by atoms with Gasteiger partial charge in [-0.05, 0) is 30.9 Å². The van der Waals surface area contributed by atoms with Gasteiger partial charge in [0.05, 0.1) is 17.8 Å². The van der Waals surface area contributed by atoms with Gasteiger partial charge in [-0.2, -0.15) is 0 Å². The second-order valence-electron chi connectivity index (χ2n) is 4.91. The molecule has 5 nitrogen and oxygen atoms in total. The third-order valence-electron chi connectivity index (χ3n) is 3.62. The van der Waals surface area contributed by atoms with Crippen LogP contribution in [0.2, 0.25) is 0 Å². The summed E-state index contributed by atoms with van der Waals surface area (Å²) < 4.78 is 5.24. The summed E-state index contributed by atoms with van der Waals surface area (Å²) in [5.41, 5.74) is 7.40. The van der Waals surface area contributed by atoms with E-state index in [1.54, 1.807) is 6.20 Å². The number of nitrogens with one attached hydrogen (secondary N) is 1. The lowest BCUT2D eigenvalue weighted by Gasteiger charge is -2.31. The molecular formula is C14H21N3O2. The summed E-state index contributed by atoms with van der Waals surface area (Å²) in [5, 5.41) is 2.90.